The van der Waals surface area contributed by atoms with Crippen molar-refractivity contribution >= 4 is 6.47 Å². The van der Waals surface area contributed by atoms with Gasteiger partial charge < -0.3 is 10.1 Å². The molecule has 0 aliphatic carbocycles. The number of rotatable bonds is 2. The van der Waals surface area contributed by atoms with Crippen molar-refractivity contribution in [1.82, 2.24) is 5.32 Å². The molecule has 0 radical (unpaired) electrons. The van der Waals surface area contributed by atoms with E-state index in [2.05, 4.69) is 16.6 Å². The third kappa shape index (κ3) is 7.53. The first kappa shape index (κ1) is 12.2. The Kier molecular flexibility index (Phi) is 5.39. The summed E-state index contributed by atoms with van der Waals surface area (Å²) in [5.74, 6) is 0.769. The van der Waals surface area contributed by atoms with Gasteiger partial charge in [-0.1, -0.05) is 6.08 Å². The molecule has 1 saturated heterocycles. The molecule has 3 nitrogen and oxygen atoms in total. The monoisotopic (exact) mass is 185 g/mol. The van der Waals surface area contributed by atoms with Crippen LogP contribution < -0.4 is 5.32 Å². The van der Waals surface area contributed by atoms with Gasteiger partial charge in [-0.15, -0.1) is 6.58 Å². The highest BCUT2D eigenvalue weighted by atomic mass is 16.5. The molecular formula is C10H19NO2. The summed E-state index contributed by atoms with van der Waals surface area (Å²) >= 11 is 0. The van der Waals surface area contributed by atoms with Crippen molar-refractivity contribution < 1.29 is 9.53 Å². The van der Waals surface area contributed by atoms with Crippen LogP contribution in [0.2, 0.25) is 0 Å². The van der Waals surface area contributed by atoms with Crippen molar-refractivity contribution in [3.8, 4) is 0 Å². The van der Waals surface area contributed by atoms with Crippen LogP contribution >= 0.6 is 0 Å². The molecule has 1 fully saturated rings. The molecule has 1 heterocycles. The first-order chi connectivity index (χ1) is 5.99. The van der Waals surface area contributed by atoms with Crippen LogP contribution in [-0.4, -0.2) is 25.2 Å². The molecule has 0 saturated carbocycles. The summed E-state index contributed by atoms with van der Waals surface area (Å²) in [5, 5.41) is 3.14. The maximum absolute atomic E-state index is 9.60. The number of carbonyl (C=O) groups excluding carboxylic acids is 1. The highest BCUT2D eigenvalue weighted by Crippen LogP contribution is 2.02. The fourth-order valence-electron chi connectivity index (χ4n) is 0.622. The molecule has 76 valence electrons. The highest BCUT2D eigenvalue weighted by Gasteiger charge is 2.10. The van der Waals surface area contributed by atoms with E-state index in [1.165, 1.54) is 0 Å². The standard InChI is InChI=1S/C5H9N.C5H10O2/c1-2-5-3-6-4-5;1-5(2,3)7-4-6/h2,5-6H,1,3-4H2;4H,1-3H3. The molecule has 13 heavy (non-hydrogen) atoms. The maximum atomic E-state index is 9.60. The number of hydrogen-bond donors (Lipinski definition) is 1. The minimum Gasteiger partial charge on any atom is -0.462 e. The Bertz CT molecular complexity index is 157. The smallest absolute Gasteiger partial charge is 0.293 e. The zero-order chi connectivity index (χ0) is 10.3. The second-order valence-electron chi connectivity index (χ2n) is 3.98. The van der Waals surface area contributed by atoms with Crippen LogP contribution in [0.25, 0.3) is 0 Å². The summed E-state index contributed by atoms with van der Waals surface area (Å²) < 4.78 is 4.55. The first-order valence-electron chi connectivity index (χ1n) is 4.44. The fraction of sp³-hybridized carbons (Fsp3) is 0.700. The van der Waals surface area contributed by atoms with E-state index in [1.54, 1.807) is 0 Å². The van der Waals surface area contributed by atoms with Gasteiger partial charge in [0.25, 0.3) is 6.47 Å². The van der Waals surface area contributed by atoms with E-state index in [1.807, 2.05) is 26.8 Å². The van der Waals surface area contributed by atoms with Gasteiger partial charge in [0.15, 0.2) is 0 Å². The summed E-state index contributed by atoms with van der Waals surface area (Å²) in [6, 6.07) is 0. The van der Waals surface area contributed by atoms with Crippen molar-refractivity contribution in [1.29, 1.82) is 0 Å². The van der Waals surface area contributed by atoms with Crippen molar-refractivity contribution in [2.24, 2.45) is 5.92 Å². The van der Waals surface area contributed by atoms with Gasteiger partial charge in [0.2, 0.25) is 0 Å². The zero-order valence-corrected chi connectivity index (χ0v) is 8.67. The summed E-state index contributed by atoms with van der Waals surface area (Å²) in [7, 11) is 0. The number of hydrogen-bond acceptors (Lipinski definition) is 3. The lowest BCUT2D eigenvalue weighted by Gasteiger charge is -2.22. The quantitative estimate of drug-likeness (QED) is 0.521. The molecule has 0 atom stereocenters. The van der Waals surface area contributed by atoms with E-state index in [9.17, 15) is 4.79 Å². The molecule has 0 aromatic heterocycles. The SMILES string of the molecule is C=CC1CNC1.CC(C)(C)OC=O. The second-order valence-corrected chi connectivity index (χ2v) is 3.98. The van der Waals surface area contributed by atoms with Crippen molar-refractivity contribution in [2.75, 3.05) is 13.1 Å². The summed E-state index contributed by atoms with van der Waals surface area (Å²) in [4.78, 5) is 9.60. The van der Waals surface area contributed by atoms with Crippen LogP contribution in [0.4, 0.5) is 0 Å². The van der Waals surface area contributed by atoms with E-state index < -0.39 is 0 Å². The lowest BCUT2D eigenvalue weighted by molar-refractivity contribution is -0.138. The Morgan fingerprint density at radius 1 is 1.46 bits per heavy atom. The lowest BCUT2D eigenvalue weighted by Crippen LogP contribution is -2.40. The van der Waals surface area contributed by atoms with Gasteiger partial charge in [-0.05, 0) is 20.8 Å². The van der Waals surface area contributed by atoms with E-state index >= 15 is 0 Å². The van der Waals surface area contributed by atoms with Crippen molar-refractivity contribution in [3.63, 3.8) is 0 Å². The van der Waals surface area contributed by atoms with Crippen LogP contribution in [0, 0.1) is 5.92 Å². The molecule has 3 heteroatoms. The van der Waals surface area contributed by atoms with E-state index in [0.29, 0.717) is 6.47 Å². The Morgan fingerprint density at radius 3 is 2.00 bits per heavy atom. The Balaban J connectivity index is 0.000000223. The van der Waals surface area contributed by atoms with Crippen LogP contribution in [0.5, 0.6) is 0 Å². The average molecular weight is 185 g/mol. The topological polar surface area (TPSA) is 38.3 Å². The molecule has 0 amide bonds. The molecule has 0 aromatic carbocycles. The Labute approximate surface area is 80.2 Å². The number of nitrogens with one attached hydrogen (secondary N) is 1. The predicted molar refractivity (Wildman–Crippen MR) is 53.5 cm³/mol. The molecule has 1 aliphatic rings. The molecule has 0 spiro atoms. The van der Waals surface area contributed by atoms with Gasteiger partial charge in [-0.2, -0.15) is 0 Å². The van der Waals surface area contributed by atoms with E-state index in [4.69, 9.17) is 0 Å². The minimum absolute atomic E-state index is 0.318. The van der Waals surface area contributed by atoms with Gasteiger partial charge in [0.1, 0.15) is 5.60 Å². The van der Waals surface area contributed by atoms with Crippen LogP contribution in [0.15, 0.2) is 12.7 Å². The third-order valence-electron chi connectivity index (χ3n) is 1.55. The van der Waals surface area contributed by atoms with Gasteiger partial charge in [-0.25, -0.2) is 0 Å². The molecule has 1 N–H and O–H groups in total. The lowest BCUT2D eigenvalue weighted by atomic mass is 10.1. The molecule has 0 aromatic rings. The molecule has 1 aliphatic heterocycles. The normalized spacial score (nSPS) is 16.2. The van der Waals surface area contributed by atoms with E-state index in [0.717, 1.165) is 19.0 Å². The first-order valence-corrected chi connectivity index (χ1v) is 4.44. The molecule has 0 bridgehead atoms. The van der Waals surface area contributed by atoms with E-state index in [-0.39, 0.29) is 5.60 Å². The van der Waals surface area contributed by atoms with Crippen LogP contribution in [0.3, 0.4) is 0 Å². The Morgan fingerprint density at radius 2 is 2.00 bits per heavy atom. The number of ether oxygens (including phenoxy) is 1. The highest BCUT2D eigenvalue weighted by molar-refractivity contribution is 5.37. The minimum atomic E-state index is -0.318. The zero-order valence-electron chi connectivity index (χ0n) is 8.67. The molecule has 0 unspecified atom stereocenters. The molecular weight excluding hydrogens is 166 g/mol. The number of carbonyl (C=O) groups is 1. The summed E-state index contributed by atoms with van der Waals surface area (Å²) in [5.41, 5.74) is -0.318. The molecule has 1 rings (SSSR count). The summed E-state index contributed by atoms with van der Waals surface area (Å²) in [6.07, 6.45) is 2.00. The summed E-state index contributed by atoms with van der Waals surface area (Å²) in [6.45, 7) is 11.8. The van der Waals surface area contributed by atoms with Crippen molar-refractivity contribution in [2.45, 2.75) is 26.4 Å². The van der Waals surface area contributed by atoms with Gasteiger partial charge in [0.05, 0.1) is 0 Å². The average Bonchev–Trinajstić information content (AvgIpc) is 1.82. The van der Waals surface area contributed by atoms with Crippen LogP contribution in [0.1, 0.15) is 20.8 Å². The van der Waals surface area contributed by atoms with Gasteiger partial charge in [0, 0.05) is 19.0 Å². The maximum Gasteiger partial charge on any atom is 0.293 e. The third-order valence-corrected chi connectivity index (χ3v) is 1.55. The van der Waals surface area contributed by atoms with Crippen LogP contribution in [-0.2, 0) is 9.53 Å². The predicted octanol–water partition coefficient (Wildman–Crippen LogP) is 1.35. The van der Waals surface area contributed by atoms with Crippen molar-refractivity contribution in [3.05, 3.63) is 12.7 Å². The Hall–Kier alpha value is -0.830. The van der Waals surface area contributed by atoms with Gasteiger partial charge >= 0.3 is 0 Å². The second kappa shape index (κ2) is 5.75. The fourth-order valence-corrected chi connectivity index (χ4v) is 0.622. The van der Waals surface area contributed by atoms with Gasteiger partial charge in [-0.3, -0.25) is 4.79 Å². The largest absolute Gasteiger partial charge is 0.462 e.